The highest BCUT2D eigenvalue weighted by Crippen LogP contribution is 2.47. The highest BCUT2D eigenvalue weighted by molar-refractivity contribution is 5.21. The summed E-state index contributed by atoms with van der Waals surface area (Å²) < 4.78 is 32.0. The van der Waals surface area contributed by atoms with Crippen molar-refractivity contribution in [2.24, 2.45) is 5.92 Å². The second-order valence-electron chi connectivity index (χ2n) is 5.76. The maximum atomic E-state index is 13.2. The molecule has 0 amide bonds. The van der Waals surface area contributed by atoms with E-state index in [1.54, 1.807) is 0 Å². The molecule has 1 saturated heterocycles. The molecule has 1 aliphatic carbocycles. The van der Waals surface area contributed by atoms with Crippen LogP contribution in [-0.2, 0) is 4.74 Å². The summed E-state index contributed by atoms with van der Waals surface area (Å²) >= 11 is 0. The van der Waals surface area contributed by atoms with Gasteiger partial charge in [-0.15, -0.1) is 0 Å². The molecule has 0 radical (unpaired) electrons. The van der Waals surface area contributed by atoms with Crippen LogP contribution in [0.3, 0.4) is 0 Å². The van der Waals surface area contributed by atoms with E-state index >= 15 is 0 Å². The van der Waals surface area contributed by atoms with E-state index in [1.807, 2.05) is 0 Å². The smallest absolute Gasteiger partial charge is 0.159 e. The third-order valence-corrected chi connectivity index (χ3v) is 4.53. The molecule has 104 valence electrons. The molecule has 4 heteroatoms. The summed E-state index contributed by atoms with van der Waals surface area (Å²) in [7, 11) is 0. The highest BCUT2D eigenvalue weighted by atomic mass is 19.2. The Balaban J connectivity index is 1.75. The SMILES string of the molecule is OC(c1ccc(F)c(F)c1)C1CCOC2(CCC2)C1. The van der Waals surface area contributed by atoms with Gasteiger partial charge in [-0.3, -0.25) is 0 Å². The first-order chi connectivity index (χ1) is 9.10. The molecule has 1 aromatic carbocycles. The average molecular weight is 268 g/mol. The van der Waals surface area contributed by atoms with Crippen LogP contribution < -0.4 is 0 Å². The molecule has 2 unspecified atom stereocenters. The lowest BCUT2D eigenvalue weighted by Gasteiger charge is -2.48. The summed E-state index contributed by atoms with van der Waals surface area (Å²) in [5.41, 5.74) is 0.405. The first-order valence-corrected chi connectivity index (χ1v) is 6.87. The van der Waals surface area contributed by atoms with Gasteiger partial charge in [0.2, 0.25) is 0 Å². The zero-order valence-electron chi connectivity index (χ0n) is 10.7. The van der Waals surface area contributed by atoms with Gasteiger partial charge < -0.3 is 9.84 Å². The molecule has 0 aromatic heterocycles. The minimum atomic E-state index is -0.901. The molecule has 0 bridgehead atoms. The summed E-state index contributed by atoms with van der Waals surface area (Å²) in [4.78, 5) is 0. The number of rotatable bonds is 2. The average Bonchev–Trinajstić information content (AvgIpc) is 2.39. The van der Waals surface area contributed by atoms with Crippen molar-refractivity contribution in [3.05, 3.63) is 35.4 Å². The van der Waals surface area contributed by atoms with Crippen LogP contribution in [0.4, 0.5) is 8.78 Å². The Morgan fingerprint density at radius 1 is 1.26 bits per heavy atom. The molecule has 2 atom stereocenters. The standard InChI is InChI=1S/C15H18F2O2/c16-12-3-2-10(8-13(12)17)14(18)11-4-7-19-15(9-11)5-1-6-15/h2-3,8,11,14,18H,1,4-7,9H2. The van der Waals surface area contributed by atoms with Crippen LogP contribution in [0.2, 0.25) is 0 Å². The summed E-state index contributed by atoms with van der Waals surface area (Å²) in [6, 6.07) is 3.64. The van der Waals surface area contributed by atoms with Crippen molar-refractivity contribution in [1.82, 2.24) is 0 Å². The Labute approximate surface area is 111 Å². The third-order valence-electron chi connectivity index (χ3n) is 4.53. The van der Waals surface area contributed by atoms with E-state index in [9.17, 15) is 13.9 Å². The van der Waals surface area contributed by atoms with Crippen LogP contribution in [0.25, 0.3) is 0 Å². The van der Waals surface area contributed by atoms with E-state index in [4.69, 9.17) is 4.74 Å². The summed E-state index contributed by atoms with van der Waals surface area (Å²) in [6.07, 6.45) is 4.11. The first-order valence-electron chi connectivity index (χ1n) is 6.87. The van der Waals surface area contributed by atoms with Gasteiger partial charge in [0, 0.05) is 6.61 Å². The zero-order chi connectivity index (χ0) is 13.5. The van der Waals surface area contributed by atoms with Crippen LogP contribution in [0.1, 0.15) is 43.8 Å². The molecule has 1 saturated carbocycles. The molecule has 1 aliphatic heterocycles. The Hall–Kier alpha value is -1.00. The molecule has 2 nitrogen and oxygen atoms in total. The number of aliphatic hydroxyl groups excluding tert-OH is 1. The second kappa shape index (κ2) is 4.84. The van der Waals surface area contributed by atoms with Crippen molar-refractivity contribution < 1.29 is 18.6 Å². The predicted octanol–water partition coefficient (Wildman–Crippen LogP) is 3.35. The minimum absolute atomic E-state index is 0.0531. The van der Waals surface area contributed by atoms with E-state index in [1.165, 1.54) is 12.5 Å². The molecule has 3 rings (SSSR count). The van der Waals surface area contributed by atoms with E-state index in [0.717, 1.165) is 37.8 Å². The van der Waals surface area contributed by atoms with Crippen molar-refractivity contribution in [1.29, 1.82) is 0 Å². The monoisotopic (exact) mass is 268 g/mol. The summed E-state index contributed by atoms with van der Waals surface area (Å²) in [5, 5.41) is 10.4. The quantitative estimate of drug-likeness (QED) is 0.891. The van der Waals surface area contributed by atoms with Crippen molar-refractivity contribution in [2.75, 3.05) is 6.61 Å². The predicted molar refractivity (Wildman–Crippen MR) is 66.6 cm³/mol. The molecule has 1 spiro atoms. The van der Waals surface area contributed by atoms with E-state index in [2.05, 4.69) is 0 Å². The lowest BCUT2D eigenvalue weighted by molar-refractivity contribution is -0.157. The van der Waals surface area contributed by atoms with Crippen LogP contribution in [0.15, 0.2) is 18.2 Å². The topological polar surface area (TPSA) is 29.5 Å². The van der Waals surface area contributed by atoms with Crippen LogP contribution >= 0.6 is 0 Å². The van der Waals surface area contributed by atoms with E-state index in [0.29, 0.717) is 12.2 Å². The lowest BCUT2D eigenvalue weighted by atomic mass is 9.70. The molecule has 19 heavy (non-hydrogen) atoms. The molecule has 2 aliphatic rings. The van der Waals surface area contributed by atoms with Crippen molar-refractivity contribution in [2.45, 2.75) is 43.8 Å². The van der Waals surface area contributed by atoms with Gasteiger partial charge >= 0.3 is 0 Å². The third kappa shape index (κ3) is 2.39. The van der Waals surface area contributed by atoms with Crippen molar-refractivity contribution >= 4 is 0 Å². The molecule has 1 N–H and O–H groups in total. The maximum Gasteiger partial charge on any atom is 0.159 e. The fourth-order valence-electron chi connectivity index (χ4n) is 3.22. The van der Waals surface area contributed by atoms with Crippen molar-refractivity contribution in [3.8, 4) is 0 Å². The number of hydrogen-bond acceptors (Lipinski definition) is 2. The van der Waals surface area contributed by atoms with Gasteiger partial charge in [-0.05, 0) is 55.7 Å². The largest absolute Gasteiger partial charge is 0.388 e. The van der Waals surface area contributed by atoms with E-state index < -0.39 is 17.7 Å². The van der Waals surface area contributed by atoms with Gasteiger partial charge in [-0.1, -0.05) is 6.07 Å². The summed E-state index contributed by atoms with van der Waals surface area (Å²) in [5.74, 6) is -1.71. The van der Waals surface area contributed by atoms with Crippen LogP contribution in [-0.4, -0.2) is 17.3 Å². The number of halogens is 2. The number of ether oxygens (including phenoxy) is 1. The number of hydrogen-bond donors (Lipinski definition) is 1. The van der Waals surface area contributed by atoms with Gasteiger partial charge in [-0.25, -0.2) is 8.78 Å². The maximum absolute atomic E-state index is 13.2. The van der Waals surface area contributed by atoms with Crippen LogP contribution in [0.5, 0.6) is 0 Å². The zero-order valence-corrected chi connectivity index (χ0v) is 10.7. The fraction of sp³-hybridized carbons (Fsp3) is 0.600. The Morgan fingerprint density at radius 3 is 2.68 bits per heavy atom. The van der Waals surface area contributed by atoms with Gasteiger partial charge in [0.1, 0.15) is 0 Å². The molecule has 2 fully saturated rings. The Kier molecular flexibility index (Phi) is 3.31. The molecular formula is C15H18F2O2. The Bertz CT molecular complexity index is 471. The normalized spacial score (nSPS) is 27.0. The second-order valence-corrected chi connectivity index (χ2v) is 5.76. The Morgan fingerprint density at radius 2 is 2.05 bits per heavy atom. The lowest BCUT2D eigenvalue weighted by Crippen LogP contribution is -2.46. The van der Waals surface area contributed by atoms with Gasteiger partial charge in [-0.2, -0.15) is 0 Å². The van der Waals surface area contributed by atoms with Gasteiger partial charge in [0.15, 0.2) is 11.6 Å². The summed E-state index contributed by atoms with van der Waals surface area (Å²) in [6.45, 7) is 0.644. The number of aliphatic hydroxyl groups is 1. The molecule has 1 aromatic rings. The first kappa shape index (κ1) is 13.0. The fourth-order valence-corrected chi connectivity index (χ4v) is 3.22. The van der Waals surface area contributed by atoms with Gasteiger partial charge in [0.25, 0.3) is 0 Å². The molecule has 1 heterocycles. The highest BCUT2D eigenvalue weighted by Gasteiger charge is 2.44. The van der Waals surface area contributed by atoms with Crippen LogP contribution in [0, 0.1) is 17.6 Å². The van der Waals surface area contributed by atoms with E-state index in [-0.39, 0.29) is 11.5 Å². The minimum Gasteiger partial charge on any atom is -0.388 e. The number of benzene rings is 1. The van der Waals surface area contributed by atoms with Gasteiger partial charge in [0.05, 0.1) is 11.7 Å². The van der Waals surface area contributed by atoms with Crippen molar-refractivity contribution in [3.63, 3.8) is 0 Å². The molecular weight excluding hydrogens is 250 g/mol.